The minimum atomic E-state index is -0.146. The van der Waals surface area contributed by atoms with Gasteiger partial charge in [0.1, 0.15) is 17.0 Å². The molecule has 0 amide bonds. The third-order valence-electron chi connectivity index (χ3n) is 4.88. The largest absolute Gasteiger partial charge is 0.382 e. The van der Waals surface area contributed by atoms with E-state index in [4.69, 9.17) is 23.1 Å². The lowest BCUT2D eigenvalue weighted by Gasteiger charge is -2.07. The molecule has 1 atom stereocenters. The zero-order valence-corrected chi connectivity index (χ0v) is 16.1. The second-order valence-electron chi connectivity index (χ2n) is 6.67. The van der Waals surface area contributed by atoms with Crippen LogP contribution in [0.2, 0.25) is 5.02 Å². The molecule has 0 spiro atoms. The van der Waals surface area contributed by atoms with Crippen molar-refractivity contribution in [2.75, 3.05) is 11.5 Å². The number of imidazole rings is 1. The summed E-state index contributed by atoms with van der Waals surface area (Å²) in [4.78, 5) is 24.7. The Kier molecular flexibility index (Phi) is 3.85. The molecule has 0 radical (unpaired) electrons. The molecule has 0 saturated heterocycles. The van der Waals surface area contributed by atoms with E-state index in [-0.39, 0.29) is 17.7 Å². The molecular formula is C19H16ClN9. The highest BCUT2D eigenvalue weighted by molar-refractivity contribution is 6.35. The van der Waals surface area contributed by atoms with Gasteiger partial charge in [0.2, 0.25) is 5.95 Å². The molecule has 5 aromatic heterocycles. The molecule has 0 aliphatic carbocycles. The topological polar surface area (TPSA) is 137 Å². The average molecular weight is 406 g/mol. The lowest BCUT2D eigenvalue weighted by Crippen LogP contribution is -1.99. The molecule has 5 heterocycles. The minimum absolute atomic E-state index is 0.0844. The molecule has 5 rings (SSSR count). The molecule has 0 aliphatic heterocycles. The molecular weight excluding hydrogens is 390 g/mol. The van der Waals surface area contributed by atoms with E-state index in [1.807, 2.05) is 29.8 Å². The van der Waals surface area contributed by atoms with E-state index < -0.39 is 0 Å². The fourth-order valence-electron chi connectivity index (χ4n) is 3.47. The Balaban J connectivity index is 1.72. The maximum Gasteiger partial charge on any atom is 0.224 e. The van der Waals surface area contributed by atoms with Gasteiger partial charge in [-0.05, 0) is 23.8 Å². The van der Waals surface area contributed by atoms with Gasteiger partial charge in [-0.25, -0.2) is 9.97 Å². The van der Waals surface area contributed by atoms with E-state index in [0.717, 1.165) is 22.3 Å². The number of nitrogens with one attached hydrogen (secondary N) is 1. The molecule has 144 valence electrons. The molecule has 5 N–H and O–H groups in total. The number of H-pyrrole nitrogens is 1. The van der Waals surface area contributed by atoms with E-state index in [1.54, 1.807) is 24.7 Å². The van der Waals surface area contributed by atoms with Crippen LogP contribution in [0.1, 0.15) is 24.2 Å². The predicted octanol–water partition coefficient (Wildman–Crippen LogP) is 3.06. The van der Waals surface area contributed by atoms with Crippen molar-refractivity contribution >= 4 is 45.6 Å². The SMILES string of the molecule is CC(c1nc2nc(N)nc(N)c2[nH]1)c1cn(-c2cccnc2)c2nccc(Cl)c12. The third kappa shape index (κ3) is 2.74. The first-order chi connectivity index (χ1) is 14.0. The van der Waals surface area contributed by atoms with Crippen LogP contribution >= 0.6 is 11.6 Å². The summed E-state index contributed by atoms with van der Waals surface area (Å²) >= 11 is 6.56. The first-order valence-corrected chi connectivity index (χ1v) is 9.25. The molecule has 0 aliphatic rings. The fraction of sp³-hybridized carbons (Fsp3) is 0.105. The number of aromatic amines is 1. The lowest BCUT2D eigenvalue weighted by molar-refractivity contribution is 0.847. The maximum absolute atomic E-state index is 6.56. The van der Waals surface area contributed by atoms with Crippen LogP contribution in [0.15, 0.2) is 43.0 Å². The Morgan fingerprint density at radius 2 is 2.00 bits per heavy atom. The van der Waals surface area contributed by atoms with Gasteiger partial charge in [0.15, 0.2) is 11.5 Å². The summed E-state index contributed by atoms with van der Waals surface area (Å²) in [5.74, 6) is 0.876. The minimum Gasteiger partial charge on any atom is -0.382 e. The first-order valence-electron chi connectivity index (χ1n) is 8.87. The Morgan fingerprint density at radius 3 is 2.79 bits per heavy atom. The van der Waals surface area contributed by atoms with E-state index in [1.165, 1.54) is 0 Å². The summed E-state index contributed by atoms with van der Waals surface area (Å²) in [5.41, 5.74) is 15.2. The van der Waals surface area contributed by atoms with Crippen molar-refractivity contribution in [3.63, 3.8) is 0 Å². The number of pyridine rings is 2. The van der Waals surface area contributed by atoms with E-state index in [2.05, 4.69) is 29.9 Å². The number of anilines is 2. The van der Waals surface area contributed by atoms with Crippen molar-refractivity contribution < 1.29 is 0 Å². The van der Waals surface area contributed by atoms with E-state index in [0.29, 0.717) is 22.0 Å². The van der Waals surface area contributed by atoms with Crippen molar-refractivity contribution in [1.82, 2.24) is 34.5 Å². The Labute approximate surface area is 169 Å². The zero-order chi connectivity index (χ0) is 20.1. The number of halogens is 1. The molecule has 0 aromatic carbocycles. The second kappa shape index (κ2) is 6.42. The smallest absolute Gasteiger partial charge is 0.224 e. The number of nitrogens with two attached hydrogens (primary N) is 2. The van der Waals surface area contributed by atoms with Gasteiger partial charge < -0.3 is 16.5 Å². The molecule has 0 fully saturated rings. The van der Waals surface area contributed by atoms with Crippen molar-refractivity contribution in [2.24, 2.45) is 0 Å². The van der Waals surface area contributed by atoms with Gasteiger partial charge >= 0.3 is 0 Å². The first kappa shape index (κ1) is 17.4. The quantitative estimate of drug-likeness (QED) is 0.419. The maximum atomic E-state index is 6.56. The number of fused-ring (bicyclic) bond motifs is 2. The summed E-state index contributed by atoms with van der Waals surface area (Å²) in [6, 6.07) is 5.61. The number of nitrogens with zero attached hydrogens (tertiary/aromatic N) is 6. The van der Waals surface area contributed by atoms with Gasteiger partial charge in [0.25, 0.3) is 0 Å². The summed E-state index contributed by atoms with van der Waals surface area (Å²) in [6.45, 7) is 2.02. The number of hydrogen-bond acceptors (Lipinski definition) is 7. The van der Waals surface area contributed by atoms with Gasteiger partial charge in [0, 0.05) is 29.9 Å². The molecule has 0 bridgehead atoms. The Hall–Kier alpha value is -3.72. The third-order valence-corrected chi connectivity index (χ3v) is 5.20. The van der Waals surface area contributed by atoms with Crippen molar-refractivity contribution in [1.29, 1.82) is 0 Å². The van der Waals surface area contributed by atoms with Gasteiger partial charge in [-0.2, -0.15) is 9.97 Å². The highest BCUT2D eigenvalue weighted by atomic mass is 35.5. The van der Waals surface area contributed by atoms with Crippen molar-refractivity contribution in [3.05, 3.63) is 59.4 Å². The van der Waals surface area contributed by atoms with Gasteiger partial charge in [-0.1, -0.05) is 18.5 Å². The molecule has 0 saturated carbocycles. The normalized spacial score (nSPS) is 12.6. The fourth-order valence-corrected chi connectivity index (χ4v) is 3.72. The summed E-state index contributed by atoms with van der Waals surface area (Å²) in [5, 5.41) is 1.46. The van der Waals surface area contributed by atoms with Gasteiger partial charge in [-0.3, -0.25) is 9.55 Å². The monoisotopic (exact) mass is 405 g/mol. The van der Waals surface area contributed by atoms with Crippen LogP contribution < -0.4 is 11.5 Å². The van der Waals surface area contributed by atoms with Crippen LogP contribution in [0.5, 0.6) is 0 Å². The van der Waals surface area contributed by atoms with Crippen LogP contribution in [-0.2, 0) is 0 Å². The number of rotatable bonds is 3. The second-order valence-corrected chi connectivity index (χ2v) is 7.07. The van der Waals surface area contributed by atoms with Crippen LogP contribution in [0, 0.1) is 0 Å². The number of hydrogen-bond donors (Lipinski definition) is 3. The average Bonchev–Trinajstić information content (AvgIpc) is 3.31. The van der Waals surface area contributed by atoms with Crippen LogP contribution in [0.3, 0.4) is 0 Å². The summed E-state index contributed by atoms with van der Waals surface area (Å²) < 4.78 is 1.97. The summed E-state index contributed by atoms with van der Waals surface area (Å²) in [7, 11) is 0. The van der Waals surface area contributed by atoms with Crippen molar-refractivity contribution in [3.8, 4) is 5.69 Å². The Bertz CT molecular complexity index is 1360. The van der Waals surface area contributed by atoms with E-state index >= 15 is 0 Å². The standard InChI is InChI=1S/C19H16ClN9/c1-9(16-25-14-15(21)26-19(22)28-17(14)27-16)11-8-29(10-3-2-5-23-7-10)18-13(11)12(20)4-6-24-18/h2-9H,1H3,(H5,21,22,25,26,27,28). The molecule has 10 heteroatoms. The zero-order valence-electron chi connectivity index (χ0n) is 15.3. The van der Waals surface area contributed by atoms with Crippen molar-refractivity contribution in [2.45, 2.75) is 12.8 Å². The van der Waals surface area contributed by atoms with Gasteiger partial charge in [-0.15, -0.1) is 0 Å². The summed E-state index contributed by atoms with van der Waals surface area (Å²) in [6.07, 6.45) is 7.19. The highest BCUT2D eigenvalue weighted by Gasteiger charge is 2.23. The number of aromatic nitrogens is 7. The molecule has 9 nitrogen and oxygen atoms in total. The lowest BCUT2D eigenvalue weighted by atomic mass is 10.0. The number of nitrogen functional groups attached to an aromatic ring is 2. The van der Waals surface area contributed by atoms with E-state index in [9.17, 15) is 0 Å². The van der Waals surface area contributed by atoms with Crippen LogP contribution in [0.25, 0.3) is 27.9 Å². The molecule has 5 aromatic rings. The van der Waals surface area contributed by atoms with Gasteiger partial charge in [0.05, 0.1) is 16.9 Å². The van der Waals surface area contributed by atoms with Crippen LogP contribution in [0.4, 0.5) is 11.8 Å². The van der Waals surface area contributed by atoms with Crippen LogP contribution in [-0.4, -0.2) is 34.5 Å². The molecule has 29 heavy (non-hydrogen) atoms. The highest BCUT2D eigenvalue weighted by Crippen LogP contribution is 2.36. The predicted molar refractivity (Wildman–Crippen MR) is 112 cm³/mol. The Morgan fingerprint density at radius 1 is 1.14 bits per heavy atom. The molecule has 1 unspecified atom stereocenters.